The van der Waals surface area contributed by atoms with Gasteiger partial charge in [0, 0.05) is 253 Å². The third-order valence-electron chi connectivity index (χ3n) is 0. The Morgan fingerprint density at radius 3 is 0.173 bits per heavy atom. The second kappa shape index (κ2) is 3150. The van der Waals surface area contributed by atoms with Crippen LogP contribution in [0.2, 0.25) is 0 Å². The van der Waals surface area contributed by atoms with Crippen LogP contribution in [0, 0.1) is 0 Å². The van der Waals surface area contributed by atoms with Crippen molar-refractivity contribution in [1.82, 2.24) is 0 Å². The molecule has 0 aromatic rings. The largest absolute Gasteiger partial charge is 0.457 e. The van der Waals surface area contributed by atoms with E-state index in [1.807, 2.05) is 0 Å². The van der Waals surface area contributed by atoms with Gasteiger partial charge < -0.3 is 148 Å². The van der Waals surface area contributed by atoms with E-state index >= 15 is 0 Å². The Morgan fingerprint density at radius 2 is 0.173 bits per heavy atom. The van der Waals surface area contributed by atoms with Gasteiger partial charge in [-0.1, -0.05) is 5.04 Å². The van der Waals surface area contributed by atoms with E-state index in [0.29, 0.717) is 0 Å². The zero-order valence-electron chi connectivity index (χ0n) is 24.7. The predicted molar refractivity (Wildman–Crippen MR) is 139 cm³/mol. The fraction of sp³-hybridized carbons (Fsp3) is 0. The molecule has 0 amide bonds. The summed E-state index contributed by atoms with van der Waals surface area (Å²) >= 11 is 0. The number of hydrogen-bond acceptors (Lipinski definition) is 8. The first-order valence-corrected chi connectivity index (χ1v) is 1.48. The van der Waals surface area contributed by atoms with E-state index < -0.39 is 0 Å². The van der Waals surface area contributed by atoms with E-state index in [-0.39, 0.29) is 401 Å². The summed E-state index contributed by atoms with van der Waals surface area (Å²) in [6.45, 7) is 0. The second-order valence-electron chi connectivity index (χ2n) is 0.0816. The third kappa shape index (κ3) is 3960. The Kier molecular flexibility index (Phi) is 63400. The molecule has 0 unspecified atom stereocenters. The molecule has 74 N–H and O–H groups in total. The SMILES string of the molecule is O.O.O.O.O.O.O.O.O.O.O.O.O.O.O.O.O.O.O.O.O.O.O.O.OOO.O[OH2+].O[OH2+].O[OH2+].O[OH2+].O[OH2+].[OH3+].[OH3+].[OH3+].[W].[W].[W].[W].[W].[W].[W].[W].[W].[W].[W].[W]. The molecular formula is H74O40W12+8. The second-order valence-corrected chi connectivity index (χ2v) is 0.0816. The first-order valence-electron chi connectivity index (χ1n) is 1.48. The minimum absolute atomic E-state index is 0. The van der Waals surface area contributed by atoms with Crippen LogP contribution >= 0.6 is 0 Å². The Morgan fingerprint density at radius 1 is 0.173 bits per heavy atom. The molecule has 0 aliphatic rings. The standard InChI is InChI=1S/H2O3.5H2O2.27H2O.12W/c1-3-2;5*1-2;;;;;;;;;;;;;;;;;;;;;;;;;;;;;;;;;;;;;;;/h1-2H;5*1-2H;27*1H2;;;;;;;;;;;;/p+8. The Labute approximate surface area is 462 Å². The Hall–Kier alpha value is 6.66. The van der Waals surface area contributed by atoms with Crippen LogP contribution in [0.25, 0.3) is 0 Å². The molecule has 0 aliphatic heterocycles. The molecule has 0 aromatic carbocycles. The topological polar surface area (TPSA) is 1120 Å². The average Bonchev–Trinajstić information content (AvgIpc) is 2.32. The van der Waals surface area contributed by atoms with Crippen molar-refractivity contribution in [3.8, 4) is 0 Å². The fourth-order valence-electron chi connectivity index (χ4n) is 0. The van der Waals surface area contributed by atoms with E-state index in [1.54, 1.807) is 0 Å². The molecule has 0 atom stereocenters. The van der Waals surface area contributed by atoms with Gasteiger partial charge in [0.25, 0.3) is 0 Å². The van der Waals surface area contributed by atoms with Crippen molar-refractivity contribution in [3.05, 3.63) is 0 Å². The van der Waals surface area contributed by atoms with Crippen LogP contribution in [0.15, 0.2) is 0 Å². The minimum atomic E-state index is 0. The maximum Gasteiger partial charge on any atom is 0 e. The van der Waals surface area contributed by atoms with Gasteiger partial charge in [-0.3, -0.25) is 26.3 Å². The van der Waals surface area contributed by atoms with Crippen LogP contribution in [0.5, 0.6) is 0 Å². The molecule has 52 heavy (non-hydrogen) atoms. The van der Waals surface area contributed by atoms with Gasteiger partial charge in [-0.25, -0.2) is 10.5 Å². The van der Waals surface area contributed by atoms with E-state index in [1.165, 1.54) is 0 Å². The van der Waals surface area contributed by atoms with Gasteiger partial charge in [0.05, 0.1) is 0 Å². The predicted octanol–water partition coefficient (Wildman–Crippen LogP) is -26.7. The third-order valence-corrected chi connectivity index (χ3v) is 0. The molecule has 40 nitrogen and oxygen atoms in total. The molecule has 0 bridgehead atoms. The van der Waals surface area contributed by atoms with Gasteiger partial charge in [-0.15, -0.1) is 26.3 Å². The van der Waals surface area contributed by atoms with Gasteiger partial charge in [0.15, 0.2) is 0 Å². The van der Waals surface area contributed by atoms with Crippen LogP contribution in [0.4, 0.5) is 0 Å². The molecule has 0 saturated carbocycles. The van der Waals surface area contributed by atoms with Gasteiger partial charge in [-0.05, 0) is 0 Å². The van der Waals surface area contributed by atoms with Crippen LogP contribution in [-0.2, 0) is 274 Å². The van der Waals surface area contributed by atoms with Crippen LogP contribution in [0.1, 0.15) is 0 Å². The molecule has 0 rings (SSSR count). The number of rotatable bonds is 0. The Bertz CT molecular complexity index is 40.5. The van der Waals surface area contributed by atoms with Crippen molar-refractivity contribution in [2.75, 3.05) is 0 Å². The quantitative estimate of drug-likeness (QED) is 0.0692. The molecule has 0 heterocycles. The molecule has 0 spiro atoms. The summed E-state index contributed by atoms with van der Waals surface area (Å²) in [4.78, 5) is 0. The van der Waals surface area contributed by atoms with E-state index in [9.17, 15) is 0 Å². The Balaban J connectivity index is -0.000000000229. The molecule has 378 valence electrons. The average molecular weight is 2920 g/mol. The van der Waals surface area contributed by atoms with Crippen molar-refractivity contribution in [2.45, 2.75) is 0 Å². The summed E-state index contributed by atoms with van der Waals surface area (Å²) in [7, 11) is 0. The van der Waals surface area contributed by atoms with Crippen LogP contribution in [0.3, 0.4) is 0 Å². The molecule has 0 radical (unpaired) electrons. The van der Waals surface area contributed by atoms with Crippen LogP contribution < -0.4 is 0 Å². The first-order chi connectivity index (χ1) is 6.41. The number of hydrogen-bond donors (Lipinski definition) is 7. The molecule has 0 saturated heterocycles. The normalized spacial score (nSPS) is 0.923. The summed E-state index contributed by atoms with van der Waals surface area (Å²) in [5, 5.41) is 70.5. The van der Waals surface area contributed by atoms with Crippen molar-refractivity contribution >= 4 is 0 Å². The summed E-state index contributed by atoms with van der Waals surface area (Å²) in [5.74, 6) is 0. The zero-order chi connectivity index (χ0) is 12.7. The van der Waals surface area contributed by atoms with Gasteiger partial charge in [0.2, 0.25) is 0 Å². The van der Waals surface area contributed by atoms with Crippen molar-refractivity contribution < 1.29 is 469 Å². The van der Waals surface area contributed by atoms with E-state index in [2.05, 4.69) is 5.04 Å². The molecule has 52 heteroatoms. The smallest absolute Gasteiger partial charge is 0 e. The van der Waals surface area contributed by atoms with Crippen molar-refractivity contribution in [2.24, 2.45) is 0 Å². The van der Waals surface area contributed by atoms with E-state index in [0.717, 1.165) is 0 Å². The minimum Gasteiger partial charge on any atom is -0.457 e. The maximum absolute atomic E-state index is 6.62. The monoisotopic (exact) mass is 2920 g/mol. The van der Waals surface area contributed by atoms with Gasteiger partial charge >= 0.3 is 0 Å². The van der Waals surface area contributed by atoms with Gasteiger partial charge in [-0.2, -0.15) is 0 Å². The zero-order valence-corrected chi connectivity index (χ0v) is 59.9. The maximum atomic E-state index is 6.62. The van der Waals surface area contributed by atoms with Crippen molar-refractivity contribution in [1.29, 1.82) is 0 Å². The molecule has 0 fully saturated rings. The fourth-order valence-corrected chi connectivity index (χ4v) is 0. The summed E-state index contributed by atoms with van der Waals surface area (Å²) in [6, 6.07) is 0. The van der Waals surface area contributed by atoms with Gasteiger partial charge in [0.1, 0.15) is 0 Å². The molecule has 0 aromatic heterocycles. The summed E-state index contributed by atoms with van der Waals surface area (Å²) < 4.78 is 0. The molecule has 0 aliphatic carbocycles. The van der Waals surface area contributed by atoms with E-state index in [4.69, 9.17) is 63.1 Å². The van der Waals surface area contributed by atoms with Crippen LogP contribution in [-0.4, -0.2) is 195 Å². The molecular weight excluding hydrogens is 2850 g/mol. The summed E-state index contributed by atoms with van der Waals surface area (Å²) in [6.07, 6.45) is 0. The summed E-state index contributed by atoms with van der Waals surface area (Å²) in [5.41, 5.74) is 0. The van der Waals surface area contributed by atoms with Crippen molar-refractivity contribution in [3.63, 3.8) is 0 Å². The first kappa shape index (κ1) is 1050.